The van der Waals surface area contributed by atoms with Gasteiger partial charge in [0.25, 0.3) is 0 Å². The molecule has 0 unspecified atom stereocenters. The molecule has 0 amide bonds. The van der Waals surface area contributed by atoms with Crippen LogP contribution in [0.5, 0.6) is 0 Å². The topological polar surface area (TPSA) is 43.8 Å². The van der Waals surface area contributed by atoms with Gasteiger partial charge in [-0.1, -0.05) is 0 Å². The summed E-state index contributed by atoms with van der Waals surface area (Å²) in [5, 5.41) is 0. The van der Waals surface area contributed by atoms with E-state index in [9.17, 15) is 4.39 Å². The lowest BCUT2D eigenvalue weighted by atomic mass is 10.1. The van der Waals surface area contributed by atoms with Gasteiger partial charge in [-0.05, 0) is 18.2 Å². The average molecular weight is 191 g/mol. The van der Waals surface area contributed by atoms with Crippen molar-refractivity contribution in [2.75, 3.05) is 5.73 Å². The van der Waals surface area contributed by atoms with E-state index in [1.54, 1.807) is 29.2 Å². The zero-order valence-corrected chi connectivity index (χ0v) is 7.74. The van der Waals surface area contributed by atoms with Crippen LogP contribution in [-0.2, 0) is 7.05 Å². The summed E-state index contributed by atoms with van der Waals surface area (Å²) in [5.41, 5.74) is 6.95. The third kappa shape index (κ3) is 1.46. The van der Waals surface area contributed by atoms with Crippen LogP contribution in [0.1, 0.15) is 0 Å². The van der Waals surface area contributed by atoms with Crippen molar-refractivity contribution in [1.29, 1.82) is 0 Å². The highest BCUT2D eigenvalue weighted by molar-refractivity contribution is 5.62. The lowest BCUT2D eigenvalue weighted by molar-refractivity contribution is 0.631. The van der Waals surface area contributed by atoms with Crippen LogP contribution < -0.4 is 5.73 Å². The number of hydrogen-bond acceptors (Lipinski definition) is 2. The Labute approximate surface area is 81.0 Å². The second-order valence-electron chi connectivity index (χ2n) is 3.16. The van der Waals surface area contributed by atoms with Crippen molar-refractivity contribution in [2.45, 2.75) is 0 Å². The van der Waals surface area contributed by atoms with E-state index in [4.69, 9.17) is 5.73 Å². The van der Waals surface area contributed by atoms with Gasteiger partial charge in [0.05, 0.1) is 12.0 Å². The summed E-state index contributed by atoms with van der Waals surface area (Å²) in [6.07, 6.45) is 3.39. The minimum atomic E-state index is -0.344. The van der Waals surface area contributed by atoms with Crippen LogP contribution >= 0.6 is 0 Å². The van der Waals surface area contributed by atoms with Gasteiger partial charge >= 0.3 is 0 Å². The number of imidazole rings is 1. The zero-order chi connectivity index (χ0) is 10.1. The summed E-state index contributed by atoms with van der Waals surface area (Å²) in [4.78, 5) is 4.06. The first-order valence-electron chi connectivity index (χ1n) is 4.20. The Kier molecular flexibility index (Phi) is 1.96. The summed E-state index contributed by atoms with van der Waals surface area (Å²) >= 11 is 0. The lowest BCUT2D eigenvalue weighted by Crippen LogP contribution is -1.89. The van der Waals surface area contributed by atoms with Crippen LogP contribution in [0.3, 0.4) is 0 Å². The fraction of sp³-hybridized carbons (Fsp3) is 0.100. The number of hydrogen-bond donors (Lipinski definition) is 1. The van der Waals surface area contributed by atoms with Crippen LogP contribution in [0.15, 0.2) is 30.7 Å². The Bertz CT molecular complexity index is 462. The molecule has 0 bridgehead atoms. The fourth-order valence-corrected chi connectivity index (χ4v) is 1.29. The maximum atomic E-state index is 13.4. The van der Waals surface area contributed by atoms with Gasteiger partial charge in [-0.15, -0.1) is 0 Å². The molecule has 3 nitrogen and oxygen atoms in total. The molecule has 1 heterocycles. The van der Waals surface area contributed by atoms with E-state index in [0.717, 1.165) is 0 Å². The normalized spacial score (nSPS) is 10.4. The molecule has 4 heteroatoms. The largest absolute Gasteiger partial charge is 0.399 e. The number of aromatic nitrogens is 2. The van der Waals surface area contributed by atoms with Crippen LogP contribution in [0.2, 0.25) is 0 Å². The van der Waals surface area contributed by atoms with Crippen LogP contribution in [-0.4, -0.2) is 9.55 Å². The Morgan fingerprint density at radius 3 is 2.79 bits per heavy atom. The highest BCUT2D eigenvalue weighted by Crippen LogP contribution is 2.22. The lowest BCUT2D eigenvalue weighted by Gasteiger charge is -1.99. The van der Waals surface area contributed by atoms with Gasteiger partial charge in [-0.3, -0.25) is 0 Å². The van der Waals surface area contributed by atoms with Crippen molar-refractivity contribution in [3.8, 4) is 11.3 Å². The van der Waals surface area contributed by atoms with Gasteiger partial charge < -0.3 is 10.3 Å². The minimum Gasteiger partial charge on any atom is -0.399 e. The molecule has 1 aromatic carbocycles. The van der Waals surface area contributed by atoms with Crippen molar-refractivity contribution in [3.63, 3.8) is 0 Å². The van der Waals surface area contributed by atoms with Gasteiger partial charge in [0.1, 0.15) is 5.82 Å². The molecule has 0 aliphatic carbocycles. The van der Waals surface area contributed by atoms with E-state index in [2.05, 4.69) is 4.98 Å². The van der Waals surface area contributed by atoms with Crippen molar-refractivity contribution in [1.82, 2.24) is 9.55 Å². The van der Waals surface area contributed by atoms with E-state index >= 15 is 0 Å². The molecule has 72 valence electrons. The second-order valence-corrected chi connectivity index (χ2v) is 3.16. The smallest absolute Gasteiger partial charge is 0.134 e. The van der Waals surface area contributed by atoms with E-state index in [1.807, 2.05) is 7.05 Å². The fourth-order valence-electron chi connectivity index (χ4n) is 1.29. The molecular formula is C10H10FN3. The first-order chi connectivity index (χ1) is 6.66. The summed E-state index contributed by atoms with van der Waals surface area (Å²) in [5.74, 6) is -0.344. The van der Waals surface area contributed by atoms with Crippen molar-refractivity contribution >= 4 is 5.69 Å². The van der Waals surface area contributed by atoms with Crippen molar-refractivity contribution in [2.24, 2.45) is 7.05 Å². The maximum absolute atomic E-state index is 13.4. The standard InChI is InChI=1S/C10H10FN3/c1-14-5-10(13-6-14)8-3-2-7(12)4-9(8)11/h2-6H,12H2,1H3. The predicted octanol–water partition coefficient (Wildman–Crippen LogP) is 1.81. The third-order valence-electron chi connectivity index (χ3n) is 1.97. The van der Waals surface area contributed by atoms with Gasteiger partial charge in [0.15, 0.2) is 0 Å². The maximum Gasteiger partial charge on any atom is 0.134 e. The summed E-state index contributed by atoms with van der Waals surface area (Å²) in [7, 11) is 1.84. The molecule has 2 rings (SSSR count). The van der Waals surface area contributed by atoms with E-state index in [1.165, 1.54) is 6.07 Å². The van der Waals surface area contributed by atoms with Gasteiger partial charge in [0.2, 0.25) is 0 Å². The first-order valence-corrected chi connectivity index (χ1v) is 4.20. The molecule has 0 atom stereocenters. The van der Waals surface area contributed by atoms with Gasteiger partial charge in [-0.25, -0.2) is 9.37 Å². The molecule has 0 fully saturated rings. The highest BCUT2D eigenvalue weighted by atomic mass is 19.1. The Morgan fingerprint density at radius 1 is 1.43 bits per heavy atom. The second kappa shape index (κ2) is 3.14. The Morgan fingerprint density at radius 2 is 2.21 bits per heavy atom. The van der Waals surface area contributed by atoms with Crippen molar-refractivity contribution < 1.29 is 4.39 Å². The number of rotatable bonds is 1. The zero-order valence-electron chi connectivity index (χ0n) is 7.74. The molecule has 0 aliphatic heterocycles. The molecule has 0 radical (unpaired) electrons. The highest BCUT2D eigenvalue weighted by Gasteiger charge is 2.07. The molecular weight excluding hydrogens is 181 g/mol. The van der Waals surface area contributed by atoms with Crippen LogP contribution in [0, 0.1) is 5.82 Å². The number of halogens is 1. The van der Waals surface area contributed by atoms with Gasteiger partial charge in [-0.2, -0.15) is 0 Å². The molecule has 0 saturated carbocycles. The minimum absolute atomic E-state index is 0.344. The summed E-state index contributed by atoms with van der Waals surface area (Å²) in [6, 6.07) is 4.59. The third-order valence-corrected chi connectivity index (χ3v) is 1.97. The van der Waals surface area contributed by atoms with E-state index in [-0.39, 0.29) is 5.82 Å². The Hall–Kier alpha value is -1.84. The quantitative estimate of drug-likeness (QED) is 0.698. The molecule has 0 spiro atoms. The summed E-state index contributed by atoms with van der Waals surface area (Å²) < 4.78 is 15.2. The molecule has 2 aromatic rings. The summed E-state index contributed by atoms with van der Waals surface area (Å²) in [6.45, 7) is 0. The number of nitrogen functional groups attached to an aromatic ring is 1. The average Bonchev–Trinajstić information content (AvgIpc) is 2.51. The van der Waals surface area contributed by atoms with Gasteiger partial charge in [0, 0.05) is 24.5 Å². The number of benzene rings is 1. The number of nitrogens with zero attached hydrogens (tertiary/aromatic N) is 2. The molecule has 1 aromatic heterocycles. The number of anilines is 1. The van der Waals surface area contributed by atoms with Crippen LogP contribution in [0.25, 0.3) is 11.3 Å². The molecule has 0 saturated heterocycles. The molecule has 14 heavy (non-hydrogen) atoms. The predicted molar refractivity (Wildman–Crippen MR) is 53.0 cm³/mol. The number of aryl methyl sites for hydroxylation is 1. The monoisotopic (exact) mass is 191 g/mol. The molecule has 2 N–H and O–H groups in total. The van der Waals surface area contributed by atoms with Crippen LogP contribution in [0.4, 0.5) is 10.1 Å². The first kappa shape index (κ1) is 8.74. The SMILES string of the molecule is Cn1cnc(-c2ccc(N)cc2F)c1. The van der Waals surface area contributed by atoms with E-state index in [0.29, 0.717) is 16.9 Å². The Balaban J connectivity index is 2.52. The van der Waals surface area contributed by atoms with Crippen molar-refractivity contribution in [3.05, 3.63) is 36.5 Å². The van der Waals surface area contributed by atoms with E-state index < -0.39 is 0 Å². The molecule has 0 aliphatic rings. The number of nitrogens with two attached hydrogens (primary N) is 1.